The van der Waals surface area contributed by atoms with Crippen molar-refractivity contribution in [3.05, 3.63) is 28.8 Å². The molecule has 1 amide bonds. The minimum Gasteiger partial charge on any atom is -0.369 e. The highest BCUT2D eigenvalue weighted by Crippen LogP contribution is 2.24. The van der Waals surface area contributed by atoms with Crippen LogP contribution in [0.4, 0.5) is 0 Å². The molecule has 0 spiro atoms. The molecular formula is C10H10ClN3O3S. The van der Waals surface area contributed by atoms with Gasteiger partial charge in [-0.2, -0.15) is 9.57 Å². The maximum absolute atomic E-state index is 12.1. The second-order valence-corrected chi connectivity index (χ2v) is 5.90. The molecule has 0 fully saturated rings. The number of rotatable bonds is 4. The van der Waals surface area contributed by atoms with Crippen molar-refractivity contribution in [3.63, 3.8) is 0 Å². The fourth-order valence-electron chi connectivity index (χ4n) is 1.24. The summed E-state index contributed by atoms with van der Waals surface area (Å²) in [6.45, 7) is -0.463. The van der Waals surface area contributed by atoms with Gasteiger partial charge < -0.3 is 5.73 Å². The van der Waals surface area contributed by atoms with Crippen LogP contribution in [0.15, 0.2) is 23.1 Å². The number of sulfonamides is 1. The Morgan fingerprint density at radius 2 is 2.17 bits per heavy atom. The number of hydrogen-bond acceptors (Lipinski definition) is 4. The van der Waals surface area contributed by atoms with Crippen LogP contribution < -0.4 is 5.73 Å². The number of nitrogens with zero attached hydrogens (tertiary/aromatic N) is 2. The first-order chi connectivity index (χ1) is 8.28. The van der Waals surface area contributed by atoms with Gasteiger partial charge in [-0.15, -0.1) is 0 Å². The molecule has 0 radical (unpaired) electrons. The Balaban J connectivity index is 3.28. The number of halogens is 1. The number of benzene rings is 1. The molecule has 0 saturated carbocycles. The first-order valence-corrected chi connectivity index (χ1v) is 6.55. The summed E-state index contributed by atoms with van der Waals surface area (Å²) in [7, 11) is -2.74. The fraction of sp³-hybridized carbons (Fsp3) is 0.200. The van der Waals surface area contributed by atoms with Crippen molar-refractivity contribution in [2.24, 2.45) is 5.73 Å². The Hall–Kier alpha value is -1.62. The number of likely N-dealkylation sites (N-methyl/N-ethyl adjacent to an activating group) is 1. The molecule has 8 heteroatoms. The fourth-order valence-corrected chi connectivity index (χ4v) is 2.88. The van der Waals surface area contributed by atoms with Crippen molar-refractivity contribution in [3.8, 4) is 6.07 Å². The van der Waals surface area contributed by atoms with E-state index in [4.69, 9.17) is 22.6 Å². The van der Waals surface area contributed by atoms with E-state index in [-0.39, 0.29) is 15.5 Å². The van der Waals surface area contributed by atoms with Crippen LogP contribution in [-0.2, 0) is 14.8 Å². The SMILES string of the molecule is CN(CC(N)=O)S(=O)(=O)c1cc(C#N)ccc1Cl. The minimum atomic E-state index is -3.95. The van der Waals surface area contributed by atoms with Crippen molar-refractivity contribution in [1.29, 1.82) is 5.26 Å². The van der Waals surface area contributed by atoms with Gasteiger partial charge in [0.1, 0.15) is 4.90 Å². The van der Waals surface area contributed by atoms with Crippen molar-refractivity contribution < 1.29 is 13.2 Å². The summed E-state index contributed by atoms with van der Waals surface area (Å²) in [6.07, 6.45) is 0. The van der Waals surface area contributed by atoms with E-state index >= 15 is 0 Å². The zero-order valence-electron chi connectivity index (χ0n) is 9.42. The molecule has 0 saturated heterocycles. The molecule has 0 atom stereocenters. The lowest BCUT2D eigenvalue weighted by molar-refractivity contribution is -0.118. The molecule has 1 aromatic rings. The van der Waals surface area contributed by atoms with Crippen LogP contribution in [0.25, 0.3) is 0 Å². The maximum atomic E-state index is 12.1. The van der Waals surface area contributed by atoms with Crippen molar-refractivity contribution in [1.82, 2.24) is 4.31 Å². The number of hydrogen-bond donors (Lipinski definition) is 1. The minimum absolute atomic E-state index is 0.0229. The summed E-state index contributed by atoms with van der Waals surface area (Å²) in [6, 6.07) is 5.67. The van der Waals surface area contributed by atoms with Crippen LogP contribution in [0.2, 0.25) is 5.02 Å². The van der Waals surface area contributed by atoms with Gasteiger partial charge in [-0.3, -0.25) is 4.79 Å². The molecule has 0 aliphatic rings. The number of carbonyl (C=O) groups excluding carboxylic acids is 1. The van der Waals surface area contributed by atoms with Crippen LogP contribution in [-0.4, -0.2) is 32.2 Å². The number of primary amides is 1. The molecule has 96 valence electrons. The molecule has 0 bridgehead atoms. The van der Waals surface area contributed by atoms with E-state index in [0.717, 1.165) is 10.4 Å². The van der Waals surface area contributed by atoms with E-state index in [1.807, 2.05) is 6.07 Å². The second-order valence-electron chi connectivity index (χ2n) is 3.48. The van der Waals surface area contributed by atoms with Gasteiger partial charge in [-0.25, -0.2) is 8.42 Å². The Labute approximate surface area is 110 Å². The smallest absolute Gasteiger partial charge is 0.244 e. The topological polar surface area (TPSA) is 104 Å². The van der Waals surface area contributed by atoms with Crippen LogP contribution in [0.3, 0.4) is 0 Å². The van der Waals surface area contributed by atoms with Crippen LogP contribution in [0, 0.1) is 11.3 Å². The standard InChI is InChI=1S/C10H10ClN3O3S/c1-14(6-10(13)15)18(16,17)9-4-7(5-12)2-3-8(9)11/h2-4H,6H2,1H3,(H2,13,15). The van der Waals surface area contributed by atoms with E-state index < -0.39 is 22.5 Å². The van der Waals surface area contributed by atoms with Gasteiger partial charge in [-0.1, -0.05) is 11.6 Å². The van der Waals surface area contributed by atoms with Gasteiger partial charge in [0.25, 0.3) is 0 Å². The summed E-state index contributed by atoms with van der Waals surface area (Å²) in [5.41, 5.74) is 5.09. The van der Waals surface area contributed by atoms with Gasteiger partial charge in [0.15, 0.2) is 0 Å². The number of amides is 1. The zero-order valence-corrected chi connectivity index (χ0v) is 11.0. The lowest BCUT2D eigenvalue weighted by Gasteiger charge is -2.16. The highest BCUT2D eigenvalue weighted by atomic mass is 35.5. The zero-order chi connectivity index (χ0) is 13.9. The summed E-state index contributed by atoms with van der Waals surface area (Å²) >= 11 is 5.79. The lowest BCUT2D eigenvalue weighted by atomic mass is 10.2. The summed E-state index contributed by atoms with van der Waals surface area (Å²) in [5, 5.41) is 8.70. The summed E-state index contributed by atoms with van der Waals surface area (Å²) in [4.78, 5) is 10.5. The molecule has 2 N–H and O–H groups in total. The molecule has 18 heavy (non-hydrogen) atoms. The van der Waals surface area contributed by atoms with Crippen LogP contribution >= 0.6 is 11.6 Å². The van der Waals surface area contributed by atoms with E-state index in [2.05, 4.69) is 0 Å². The van der Waals surface area contributed by atoms with Gasteiger partial charge >= 0.3 is 0 Å². The van der Waals surface area contributed by atoms with Crippen LogP contribution in [0.5, 0.6) is 0 Å². The lowest BCUT2D eigenvalue weighted by Crippen LogP contribution is -2.35. The van der Waals surface area contributed by atoms with E-state index in [0.29, 0.717) is 0 Å². The molecule has 0 heterocycles. The molecule has 0 aliphatic heterocycles. The maximum Gasteiger partial charge on any atom is 0.244 e. The first-order valence-electron chi connectivity index (χ1n) is 4.73. The predicted octanol–water partition coefficient (Wildman–Crippen LogP) is 0.317. The highest BCUT2D eigenvalue weighted by molar-refractivity contribution is 7.89. The van der Waals surface area contributed by atoms with E-state index in [9.17, 15) is 13.2 Å². The van der Waals surface area contributed by atoms with Gasteiger partial charge in [0.05, 0.1) is 23.2 Å². The van der Waals surface area contributed by atoms with E-state index in [1.165, 1.54) is 19.2 Å². The Morgan fingerprint density at radius 1 is 1.56 bits per heavy atom. The quantitative estimate of drug-likeness (QED) is 0.861. The molecule has 0 unspecified atom stereocenters. The van der Waals surface area contributed by atoms with Crippen LogP contribution in [0.1, 0.15) is 5.56 Å². The first kappa shape index (κ1) is 14.4. The third-order valence-corrected chi connectivity index (χ3v) is 4.41. The number of nitrogens with two attached hydrogens (primary N) is 1. The predicted molar refractivity (Wildman–Crippen MR) is 65.2 cm³/mol. The number of carbonyl (C=O) groups is 1. The van der Waals surface area contributed by atoms with Crippen molar-refractivity contribution >= 4 is 27.5 Å². The number of nitriles is 1. The average Bonchev–Trinajstić information content (AvgIpc) is 2.28. The average molecular weight is 288 g/mol. The van der Waals surface area contributed by atoms with Gasteiger partial charge in [-0.05, 0) is 18.2 Å². The van der Waals surface area contributed by atoms with Crippen molar-refractivity contribution in [2.75, 3.05) is 13.6 Å². The third kappa shape index (κ3) is 2.98. The third-order valence-electron chi connectivity index (χ3n) is 2.13. The second kappa shape index (κ2) is 5.35. The van der Waals surface area contributed by atoms with E-state index in [1.54, 1.807) is 0 Å². The van der Waals surface area contributed by atoms with Crippen molar-refractivity contribution in [2.45, 2.75) is 4.90 Å². The van der Waals surface area contributed by atoms with Gasteiger partial charge in [0, 0.05) is 7.05 Å². The van der Waals surface area contributed by atoms with Gasteiger partial charge in [0.2, 0.25) is 15.9 Å². The summed E-state index contributed by atoms with van der Waals surface area (Å²) < 4.78 is 24.9. The Bertz CT molecular complexity index is 622. The summed E-state index contributed by atoms with van der Waals surface area (Å²) in [5.74, 6) is -0.784. The Kier molecular flexibility index (Phi) is 4.29. The molecule has 1 rings (SSSR count). The molecular weight excluding hydrogens is 278 g/mol. The Morgan fingerprint density at radius 3 is 2.67 bits per heavy atom. The molecule has 0 aromatic heterocycles. The molecule has 0 aliphatic carbocycles. The largest absolute Gasteiger partial charge is 0.369 e. The molecule has 6 nitrogen and oxygen atoms in total. The molecule has 1 aromatic carbocycles. The highest BCUT2D eigenvalue weighted by Gasteiger charge is 2.25. The monoisotopic (exact) mass is 287 g/mol. The normalized spacial score (nSPS) is 11.2.